The highest BCUT2D eigenvalue weighted by atomic mass is 35.5. The van der Waals surface area contributed by atoms with Crippen molar-refractivity contribution in [2.75, 3.05) is 44.5 Å². The molecular weight excluding hydrogens is 507 g/mol. The summed E-state index contributed by atoms with van der Waals surface area (Å²) in [7, 11) is -4.22. The molecule has 0 amide bonds. The molecule has 2 aromatic carbocycles. The number of sulfonamides is 1. The van der Waals surface area contributed by atoms with E-state index in [4.69, 9.17) is 21.1 Å². The van der Waals surface area contributed by atoms with Crippen molar-refractivity contribution in [1.29, 1.82) is 0 Å². The Morgan fingerprint density at radius 1 is 1.14 bits per heavy atom. The summed E-state index contributed by atoms with van der Waals surface area (Å²) in [6.07, 6.45) is 0.444. The molecule has 2 saturated heterocycles. The fourth-order valence-electron chi connectivity index (χ4n) is 4.73. The van der Waals surface area contributed by atoms with Gasteiger partial charge in [-0.15, -0.1) is 0 Å². The summed E-state index contributed by atoms with van der Waals surface area (Å²) in [5.41, 5.74) is 1.97. The molecule has 3 fully saturated rings. The molecule has 5 rings (SSSR count). The minimum atomic E-state index is -4.22. The highest BCUT2D eigenvalue weighted by Crippen LogP contribution is 2.41. The third kappa shape index (κ3) is 4.81. The van der Waals surface area contributed by atoms with Crippen LogP contribution >= 0.6 is 11.6 Å². The van der Waals surface area contributed by atoms with E-state index in [1.807, 2.05) is 24.3 Å². The molecule has 0 N–H and O–H groups in total. The van der Waals surface area contributed by atoms with Crippen LogP contribution < -0.4 is 5.01 Å². The van der Waals surface area contributed by atoms with Gasteiger partial charge in [0.25, 0.3) is 0 Å². The van der Waals surface area contributed by atoms with Gasteiger partial charge in [0.1, 0.15) is 4.90 Å². The number of benzene rings is 2. The second kappa shape index (κ2) is 10.2. The van der Waals surface area contributed by atoms with Gasteiger partial charge in [-0.3, -0.25) is 4.90 Å². The molecule has 0 spiro atoms. The van der Waals surface area contributed by atoms with Crippen LogP contribution in [0, 0.1) is 5.82 Å². The van der Waals surface area contributed by atoms with Gasteiger partial charge in [-0.25, -0.2) is 17.8 Å². The minimum absolute atomic E-state index is 0.0744. The summed E-state index contributed by atoms with van der Waals surface area (Å²) in [6, 6.07) is 10.1. The molecule has 2 atom stereocenters. The summed E-state index contributed by atoms with van der Waals surface area (Å²) in [4.78, 5) is 1.80. The Kier molecular flexibility index (Phi) is 7.17. The fraction of sp³-hybridized carbons (Fsp3) is 0.400. The van der Waals surface area contributed by atoms with Crippen molar-refractivity contribution in [3.8, 4) is 0 Å². The van der Waals surface area contributed by atoms with E-state index in [-0.39, 0.29) is 41.6 Å². The number of nitrogens with zero attached hydrogens (tertiary/aromatic N) is 4. The number of rotatable bonds is 8. The number of fused-ring (bicyclic) bond motifs is 1. The third-order valence-corrected chi connectivity index (χ3v) is 9.01. The summed E-state index contributed by atoms with van der Waals surface area (Å²) in [6.45, 7) is 12.1. The van der Waals surface area contributed by atoms with Crippen molar-refractivity contribution in [3.63, 3.8) is 0 Å². The van der Waals surface area contributed by atoms with Crippen LogP contribution in [-0.4, -0.2) is 75.9 Å². The molecule has 1 saturated carbocycles. The number of anilines is 1. The quantitative estimate of drug-likeness (QED) is 0.381. The summed E-state index contributed by atoms with van der Waals surface area (Å²) < 4.78 is 54.9. The molecule has 0 bridgehead atoms. The SMILES string of the molecule is C=NN(C(=C)c1ccc(Cl)c(F)c1S(=O)(=O)N1CCOC2CC21)c1ccc(CN2CCOCC2)cc1. The molecule has 1 aliphatic carbocycles. The van der Waals surface area contributed by atoms with Gasteiger partial charge in [-0.1, -0.05) is 30.3 Å². The maximum Gasteiger partial charge on any atom is 0.247 e. The smallest absolute Gasteiger partial charge is 0.247 e. The standard InChI is InChI=1S/C25H28ClFN4O4S/c1-17(31(28-2)19-5-3-18(4-6-19)16-29-9-12-34-13-10-29)20-7-8-21(26)24(27)25(20)36(32,33)30-11-14-35-23-15-22(23)30/h3-8,22-23H,1-2,9-16H2. The van der Waals surface area contributed by atoms with Gasteiger partial charge in [0.05, 0.1) is 48.4 Å². The molecule has 192 valence electrons. The molecule has 0 radical (unpaired) electrons. The van der Waals surface area contributed by atoms with Gasteiger partial charge in [-0.05, 0) is 36.2 Å². The molecule has 2 aromatic rings. The van der Waals surface area contributed by atoms with Gasteiger partial charge in [0.15, 0.2) is 5.82 Å². The Bertz CT molecular complexity index is 1270. The first-order valence-electron chi connectivity index (χ1n) is 11.8. The predicted molar refractivity (Wildman–Crippen MR) is 137 cm³/mol. The average Bonchev–Trinajstić information content (AvgIpc) is 3.67. The zero-order chi connectivity index (χ0) is 25.4. The third-order valence-electron chi connectivity index (χ3n) is 6.73. The molecule has 2 aliphatic heterocycles. The lowest BCUT2D eigenvalue weighted by atomic mass is 10.1. The predicted octanol–water partition coefficient (Wildman–Crippen LogP) is 3.57. The largest absolute Gasteiger partial charge is 0.379 e. The van der Waals surface area contributed by atoms with Crippen molar-refractivity contribution in [1.82, 2.24) is 9.21 Å². The summed E-state index contributed by atoms with van der Waals surface area (Å²) >= 11 is 6.04. The van der Waals surface area contributed by atoms with Gasteiger partial charge < -0.3 is 9.47 Å². The van der Waals surface area contributed by atoms with E-state index in [0.717, 1.165) is 38.4 Å². The molecule has 8 nitrogen and oxygen atoms in total. The van der Waals surface area contributed by atoms with Gasteiger partial charge >= 0.3 is 0 Å². The highest BCUT2D eigenvalue weighted by Gasteiger charge is 2.51. The van der Waals surface area contributed by atoms with Crippen LogP contribution in [0.3, 0.4) is 0 Å². The normalized spacial score (nSPS) is 22.6. The van der Waals surface area contributed by atoms with Crippen LogP contribution in [-0.2, 0) is 26.0 Å². The highest BCUT2D eigenvalue weighted by molar-refractivity contribution is 7.89. The zero-order valence-electron chi connectivity index (χ0n) is 19.8. The van der Waals surface area contributed by atoms with E-state index in [1.165, 1.54) is 21.4 Å². The van der Waals surface area contributed by atoms with Gasteiger partial charge in [0, 0.05) is 38.5 Å². The second-order valence-electron chi connectivity index (χ2n) is 9.02. The Morgan fingerprint density at radius 2 is 1.86 bits per heavy atom. The van der Waals surface area contributed by atoms with E-state index in [9.17, 15) is 8.42 Å². The van der Waals surface area contributed by atoms with Crippen LogP contribution in [0.2, 0.25) is 5.02 Å². The Balaban J connectivity index is 1.44. The van der Waals surface area contributed by atoms with Crippen LogP contribution in [0.25, 0.3) is 5.70 Å². The van der Waals surface area contributed by atoms with E-state index >= 15 is 4.39 Å². The van der Waals surface area contributed by atoms with Gasteiger partial charge in [0.2, 0.25) is 10.0 Å². The first-order valence-corrected chi connectivity index (χ1v) is 13.6. The van der Waals surface area contributed by atoms with Crippen molar-refractivity contribution in [2.24, 2.45) is 5.10 Å². The summed E-state index contributed by atoms with van der Waals surface area (Å²) in [5.74, 6) is -1.01. The van der Waals surface area contributed by atoms with E-state index in [2.05, 4.69) is 23.3 Å². The number of ether oxygens (including phenoxy) is 2. The molecule has 2 unspecified atom stereocenters. The first-order chi connectivity index (χ1) is 17.3. The summed E-state index contributed by atoms with van der Waals surface area (Å²) in [5, 5.41) is 5.18. The van der Waals surface area contributed by atoms with Crippen molar-refractivity contribution >= 4 is 39.7 Å². The number of hydrogen-bond donors (Lipinski definition) is 0. The van der Waals surface area contributed by atoms with Gasteiger partial charge in [-0.2, -0.15) is 9.41 Å². The van der Waals surface area contributed by atoms with E-state index in [1.54, 1.807) is 0 Å². The maximum atomic E-state index is 15.4. The van der Waals surface area contributed by atoms with Crippen molar-refractivity contribution in [3.05, 3.63) is 64.9 Å². The number of morpholine rings is 2. The lowest BCUT2D eigenvalue weighted by Gasteiger charge is -2.29. The minimum Gasteiger partial charge on any atom is -0.379 e. The van der Waals surface area contributed by atoms with Crippen LogP contribution in [0.15, 0.2) is 53.0 Å². The lowest BCUT2D eigenvalue weighted by molar-refractivity contribution is 0.0342. The van der Waals surface area contributed by atoms with Crippen molar-refractivity contribution < 1.29 is 22.3 Å². The molecule has 3 aliphatic rings. The van der Waals surface area contributed by atoms with Crippen molar-refractivity contribution in [2.45, 2.75) is 30.0 Å². The second-order valence-corrected chi connectivity index (χ2v) is 11.3. The Labute approximate surface area is 215 Å². The maximum absolute atomic E-state index is 15.4. The zero-order valence-corrected chi connectivity index (χ0v) is 21.3. The average molecular weight is 535 g/mol. The molecular formula is C25H28ClFN4O4S. The van der Waals surface area contributed by atoms with Crippen LogP contribution in [0.4, 0.5) is 10.1 Å². The molecule has 0 aromatic heterocycles. The first kappa shape index (κ1) is 25.3. The molecule has 36 heavy (non-hydrogen) atoms. The number of halogens is 2. The Hall–Kier alpha value is -2.34. The monoisotopic (exact) mass is 534 g/mol. The lowest BCUT2D eigenvalue weighted by Crippen LogP contribution is -2.42. The molecule has 2 heterocycles. The Morgan fingerprint density at radius 3 is 2.56 bits per heavy atom. The number of hydrogen-bond acceptors (Lipinski definition) is 7. The van der Waals surface area contributed by atoms with Crippen LogP contribution in [0.5, 0.6) is 0 Å². The van der Waals surface area contributed by atoms with Crippen LogP contribution in [0.1, 0.15) is 17.5 Å². The van der Waals surface area contributed by atoms with E-state index in [0.29, 0.717) is 12.1 Å². The van der Waals surface area contributed by atoms with E-state index < -0.39 is 20.7 Å². The number of hydrazone groups is 1. The topological polar surface area (TPSA) is 74.7 Å². The molecule has 11 heteroatoms. The fourth-order valence-corrected chi connectivity index (χ4v) is 6.87.